The maximum Gasteiger partial charge on any atom is 0.340 e. The average molecular weight is 407 g/mol. The van der Waals surface area contributed by atoms with Gasteiger partial charge in [-0.2, -0.15) is 0 Å². The van der Waals surface area contributed by atoms with Gasteiger partial charge >= 0.3 is 5.97 Å². The molecule has 1 heterocycles. The van der Waals surface area contributed by atoms with Crippen molar-refractivity contribution < 1.29 is 27.6 Å². The third-order valence-electron chi connectivity index (χ3n) is 3.68. The molecule has 0 aliphatic carbocycles. The molecule has 28 heavy (non-hydrogen) atoms. The van der Waals surface area contributed by atoms with Crippen LogP contribution in [0.25, 0.3) is 11.3 Å². The van der Waals surface area contributed by atoms with Crippen LogP contribution in [0.2, 0.25) is 5.02 Å². The molecule has 0 unspecified atom stereocenters. The Hall–Kier alpha value is -3.26. The smallest absolute Gasteiger partial charge is 0.340 e. The van der Waals surface area contributed by atoms with Crippen molar-refractivity contribution in [3.8, 4) is 11.3 Å². The van der Waals surface area contributed by atoms with Gasteiger partial charge in [0.2, 0.25) is 5.88 Å². The highest BCUT2D eigenvalue weighted by molar-refractivity contribution is 6.33. The van der Waals surface area contributed by atoms with Crippen molar-refractivity contribution in [3.63, 3.8) is 0 Å². The van der Waals surface area contributed by atoms with Gasteiger partial charge in [-0.15, -0.1) is 0 Å². The minimum Gasteiger partial charge on any atom is -0.452 e. The van der Waals surface area contributed by atoms with Gasteiger partial charge in [-0.25, -0.2) is 13.6 Å². The lowest BCUT2D eigenvalue weighted by Crippen LogP contribution is -2.21. The van der Waals surface area contributed by atoms with Gasteiger partial charge in [0.05, 0.1) is 10.6 Å². The number of rotatable bonds is 5. The number of amides is 1. The quantitative estimate of drug-likeness (QED) is 0.502. The number of esters is 1. The van der Waals surface area contributed by atoms with E-state index in [9.17, 15) is 18.4 Å². The van der Waals surface area contributed by atoms with Gasteiger partial charge in [-0.05, 0) is 19.1 Å². The third kappa shape index (κ3) is 4.52. The summed E-state index contributed by atoms with van der Waals surface area (Å²) in [5.41, 5.74) is 2.01. The molecule has 0 saturated heterocycles. The van der Waals surface area contributed by atoms with Crippen LogP contribution in [-0.4, -0.2) is 23.6 Å². The number of hydrogen-bond donors (Lipinski definition) is 1. The van der Waals surface area contributed by atoms with E-state index in [1.807, 2.05) is 31.2 Å². The summed E-state index contributed by atoms with van der Waals surface area (Å²) in [6, 6.07) is 10.3. The predicted molar refractivity (Wildman–Crippen MR) is 97.0 cm³/mol. The molecule has 0 fully saturated rings. The van der Waals surface area contributed by atoms with E-state index in [1.54, 1.807) is 0 Å². The summed E-state index contributed by atoms with van der Waals surface area (Å²) in [5.74, 6) is -4.18. The third-order valence-corrected chi connectivity index (χ3v) is 4.00. The molecule has 0 aliphatic rings. The van der Waals surface area contributed by atoms with Crippen LogP contribution < -0.4 is 5.32 Å². The number of anilines is 1. The van der Waals surface area contributed by atoms with E-state index in [-0.39, 0.29) is 10.9 Å². The Labute approximate surface area is 163 Å². The van der Waals surface area contributed by atoms with E-state index in [0.717, 1.165) is 11.1 Å². The number of nitrogens with zero attached hydrogens (tertiary/aromatic N) is 1. The van der Waals surface area contributed by atoms with Crippen LogP contribution in [-0.2, 0) is 9.53 Å². The summed E-state index contributed by atoms with van der Waals surface area (Å²) in [4.78, 5) is 23.8. The lowest BCUT2D eigenvalue weighted by Gasteiger charge is -2.06. The van der Waals surface area contributed by atoms with Crippen LogP contribution in [0.15, 0.2) is 47.0 Å². The molecule has 1 aromatic heterocycles. The lowest BCUT2D eigenvalue weighted by molar-refractivity contribution is -0.119. The number of nitrogens with one attached hydrogen (secondary N) is 1. The average Bonchev–Trinajstić information content (AvgIpc) is 3.11. The predicted octanol–water partition coefficient (Wildman–Crippen LogP) is 4.38. The van der Waals surface area contributed by atoms with Crippen molar-refractivity contribution >= 4 is 29.4 Å². The summed E-state index contributed by atoms with van der Waals surface area (Å²) in [5, 5.41) is 5.89. The van der Waals surface area contributed by atoms with E-state index in [2.05, 4.69) is 10.5 Å². The Morgan fingerprint density at radius 3 is 2.54 bits per heavy atom. The van der Waals surface area contributed by atoms with Crippen molar-refractivity contribution in [1.82, 2.24) is 5.16 Å². The molecule has 0 aliphatic heterocycles. The summed E-state index contributed by atoms with van der Waals surface area (Å²) in [6.45, 7) is 1.27. The number of hydrogen-bond acceptors (Lipinski definition) is 5. The standard InChI is InChI=1S/C19H13ClF2N2O4/c1-10-2-4-11(5-3-10)16-8-18(28-24-16)23-17(25)9-27-19(26)12-6-14(21)15(22)7-13(12)20/h2-8H,9H2,1H3,(H,23,25). The Bertz CT molecular complexity index is 1030. The van der Waals surface area contributed by atoms with Gasteiger partial charge in [-0.3, -0.25) is 10.1 Å². The number of ether oxygens (including phenoxy) is 1. The van der Waals surface area contributed by atoms with Gasteiger partial charge in [0.1, 0.15) is 5.69 Å². The van der Waals surface area contributed by atoms with Gasteiger partial charge < -0.3 is 9.26 Å². The fourth-order valence-electron chi connectivity index (χ4n) is 2.26. The summed E-state index contributed by atoms with van der Waals surface area (Å²) in [6.07, 6.45) is 0. The first-order chi connectivity index (χ1) is 13.3. The number of benzene rings is 2. The molecule has 1 amide bonds. The summed E-state index contributed by atoms with van der Waals surface area (Å²) < 4.78 is 36.0. The highest BCUT2D eigenvalue weighted by Gasteiger charge is 2.18. The second-order valence-electron chi connectivity index (χ2n) is 5.81. The molecule has 9 heteroatoms. The highest BCUT2D eigenvalue weighted by Crippen LogP contribution is 2.23. The Morgan fingerprint density at radius 1 is 1.14 bits per heavy atom. The Kier molecular flexibility index (Phi) is 5.70. The van der Waals surface area contributed by atoms with E-state index < -0.39 is 35.7 Å². The molecule has 2 aromatic carbocycles. The maximum atomic E-state index is 13.2. The Balaban J connectivity index is 1.58. The van der Waals surface area contributed by atoms with Crippen molar-refractivity contribution in [1.29, 1.82) is 0 Å². The van der Waals surface area contributed by atoms with Gasteiger partial charge in [0.15, 0.2) is 18.2 Å². The summed E-state index contributed by atoms with van der Waals surface area (Å²) >= 11 is 5.68. The minimum atomic E-state index is -1.26. The normalized spacial score (nSPS) is 10.6. The number of aryl methyl sites for hydroxylation is 1. The maximum absolute atomic E-state index is 13.2. The number of carbonyl (C=O) groups is 2. The first-order valence-corrected chi connectivity index (χ1v) is 8.36. The topological polar surface area (TPSA) is 81.4 Å². The second-order valence-corrected chi connectivity index (χ2v) is 6.22. The second kappa shape index (κ2) is 8.18. The lowest BCUT2D eigenvalue weighted by atomic mass is 10.1. The van der Waals surface area contributed by atoms with Crippen molar-refractivity contribution in [2.75, 3.05) is 11.9 Å². The Morgan fingerprint density at radius 2 is 1.82 bits per heavy atom. The van der Waals surface area contributed by atoms with E-state index >= 15 is 0 Å². The zero-order valence-electron chi connectivity index (χ0n) is 14.5. The van der Waals surface area contributed by atoms with Gasteiger partial charge in [0.25, 0.3) is 5.91 Å². The first kappa shape index (κ1) is 19.5. The van der Waals surface area contributed by atoms with Crippen LogP contribution >= 0.6 is 11.6 Å². The van der Waals surface area contributed by atoms with Gasteiger partial charge in [0, 0.05) is 11.6 Å². The van der Waals surface area contributed by atoms with Gasteiger partial charge in [-0.1, -0.05) is 46.6 Å². The zero-order chi connectivity index (χ0) is 20.3. The molecular formula is C19H13ClF2N2O4. The highest BCUT2D eigenvalue weighted by atomic mass is 35.5. The van der Waals surface area contributed by atoms with E-state index in [1.165, 1.54) is 6.07 Å². The zero-order valence-corrected chi connectivity index (χ0v) is 15.2. The summed E-state index contributed by atoms with van der Waals surface area (Å²) in [7, 11) is 0. The monoisotopic (exact) mass is 406 g/mol. The number of carbonyl (C=O) groups excluding carboxylic acids is 2. The molecule has 0 bridgehead atoms. The molecule has 6 nitrogen and oxygen atoms in total. The SMILES string of the molecule is Cc1ccc(-c2cc(NC(=O)COC(=O)c3cc(F)c(F)cc3Cl)on2)cc1. The van der Waals surface area contributed by atoms with Crippen LogP contribution in [0.4, 0.5) is 14.7 Å². The van der Waals surface area contributed by atoms with Crippen molar-refractivity contribution in [2.45, 2.75) is 6.92 Å². The van der Waals surface area contributed by atoms with E-state index in [0.29, 0.717) is 17.8 Å². The van der Waals surface area contributed by atoms with Crippen LogP contribution in [0.1, 0.15) is 15.9 Å². The fourth-order valence-corrected chi connectivity index (χ4v) is 2.48. The molecule has 0 atom stereocenters. The molecule has 0 spiro atoms. The first-order valence-electron chi connectivity index (χ1n) is 7.99. The fraction of sp³-hybridized carbons (Fsp3) is 0.105. The van der Waals surface area contributed by atoms with Crippen molar-refractivity contribution in [2.24, 2.45) is 0 Å². The molecular weight excluding hydrogens is 394 g/mol. The molecule has 0 radical (unpaired) electrons. The minimum absolute atomic E-state index is 0.0579. The number of aromatic nitrogens is 1. The molecule has 144 valence electrons. The van der Waals surface area contributed by atoms with Crippen molar-refractivity contribution in [3.05, 3.63) is 70.2 Å². The van der Waals surface area contributed by atoms with E-state index in [4.69, 9.17) is 20.9 Å². The molecule has 1 N–H and O–H groups in total. The molecule has 3 aromatic rings. The van der Waals surface area contributed by atoms with Crippen LogP contribution in [0.3, 0.4) is 0 Å². The van der Waals surface area contributed by atoms with Crippen LogP contribution in [0, 0.1) is 18.6 Å². The molecule has 0 saturated carbocycles. The number of halogens is 3. The molecule has 3 rings (SSSR count). The largest absolute Gasteiger partial charge is 0.452 e. The van der Waals surface area contributed by atoms with Crippen LogP contribution in [0.5, 0.6) is 0 Å².